The van der Waals surface area contributed by atoms with E-state index in [-0.39, 0.29) is 40.8 Å². The van der Waals surface area contributed by atoms with Gasteiger partial charge in [0.05, 0.1) is 18.2 Å². The molecule has 4 heterocycles. The molecule has 0 spiro atoms. The van der Waals surface area contributed by atoms with Gasteiger partial charge < -0.3 is 10.1 Å². The molecule has 6 rings (SSSR count). The Labute approximate surface area is 217 Å². The van der Waals surface area contributed by atoms with Crippen molar-refractivity contribution in [1.82, 2.24) is 19.4 Å². The Balaban J connectivity index is 1.24. The van der Waals surface area contributed by atoms with Crippen molar-refractivity contribution in [2.75, 3.05) is 18.1 Å². The molecule has 0 radical (unpaired) electrons. The number of carbonyl (C=O) groups excluding carboxylic acids is 1. The van der Waals surface area contributed by atoms with Crippen LogP contribution in [0.15, 0.2) is 40.1 Å². The second-order valence-electron chi connectivity index (χ2n) is 10.1. The van der Waals surface area contributed by atoms with E-state index in [2.05, 4.69) is 10.3 Å². The number of thioether (sulfide) groups is 1. The van der Waals surface area contributed by atoms with Crippen molar-refractivity contribution in [2.24, 2.45) is 0 Å². The maximum absolute atomic E-state index is 14.1. The fourth-order valence-electron chi connectivity index (χ4n) is 5.87. The molecule has 1 amide bonds. The number of aromatic nitrogens is 3. The zero-order chi connectivity index (χ0) is 25.5. The summed E-state index contributed by atoms with van der Waals surface area (Å²) in [4.78, 5) is 44.2. The summed E-state index contributed by atoms with van der Waals surface area (Å²) in [6.07, 6.45) is 5.95. The van der Waals surface area contributed by atoms with Crippen LogP contribution in [-0.4, -0.2) is 44.2 Å². The largest absolute Gasteiger partial charge is 0.493 e. The second-order valence-corrected chi connectivity index (χ2v) is 11.3. The maximum Gasteiger partial charge on any atom is 0.333 e. The first-order valence-electron chi connectivity index (χ1n) is 13.0. The lowest BCUT2D eigenvalue weighted by atomic mass is 9.90. The predicted molar refractivity (Wildman–Crippen MR) is 140 cm³/mol. The van der Waals surface area contributed by atoms with E-state index in [0.717, 1.165) is 48.3 Å². The average Bonchev–Trinajstić information content (AvgIpc) is 3.39. The zero-order valence-electron chi connectivity index (χ0n) is 20.5. The van der Waals surface area contributed by atoms with Crippen LogP contribution in [0.1, 0.15) is 66.5 Å². The lowest BCUT2D eigenvalue weighted by molar-refractivity contribution is 0.0921. The van der Waals surface area contributed by atoms with Crippen molar-refractivity contribution in [2.45, 2.75) is 63.1 Å². The monoisotopic (exact) mass is 524 g/mol. The number of pyridine rings is 1. The normalized spacial score (nSPS) is 22.0. The quantitative estimate of drug-likeness (QED) is 0.560. The molecule has 10 heteroatoms. The molecular formula is C27H29FN4O4S. The van der Waals surface area contributed by atoms with Crippen molar-refractivity contribution in [3.05, 3.63) is 68.2 Å². The molecule has 0 unspecified atom stereocenters. The van der Waals surface area contributed by atoms with Crippen molar-refractivity contribution < 1.29 is 13.9 Å². The topological polar surface area (TPSA) is 95.2 Å². The first-order chi connectivity index (χ1) is 18.0. The number of halogens is 1. The standard InChI is InChI=1S/C27H29FN4O4S/c28-18-14-22-24(29-15-18)31(21-8-11-37-12-9-21)27(35)32(26(22)34)20-4-2-19(3-5-20)30-25(33)17-1-6-23-16(13-17)7-10-36-23/h1,6,13-15,19-21H,2-5,7-12H2,(H,30,33)/t19-,20+. The van der Waals surface area contributed by atoms with Gasteiger partial charge in [-0.3, -0.25) is 18.7 Å². The van der Waals surface area contributed by atoms with E-state index in [1.54, 1.807) is 10.6 Å². The summed E-state index contributed by atoms with van der Waals surface area (Å²) in [7, 11) is 0. The third-order valence-corrected chi connectivity index (χ3v) is 8.88. The minimum atomic E-state index is -0.593. The number of nitrogens with zero attached hydrogens (tertiary/aromatic N) is 3. The van der Waals surface area contributed by atoms with Crippen molar-refractivity contribution in [1.29, 1.82) is 0 Å². The van der Waals surface area contributed by atoms with Gasteiger partial charge in [0.1, 0.15) is 17.2 Å². The summed E-state index contributed by atoms with van der Waals surface area (Å²) in [5.74, 6) is 1.98. The van der Waals surface area contributed by atoms with E-state index in [0.29, 0.717) is 37.9 Å². The predicted octanol–water partition coefficient (Wildman–Crippen LogP) is 3.61. The summed E-state index contributed by atoms with van der Waals surface area (Å²) in [6.45, 7) is 0.642. The number of hydrogen-bond acceptors (Lipinski definition) is 6. The van der Waals surface area contributed by atoms with Gasteiger partial charge in [0, 0.05) is 30.1 Å². The van der Waals surface area contributed by atoms with E-state index in [1.807, 2.05) is 23.9 Å². The Morgan fingerprint density at radius 1 is 1.03 bits per heavy atom. The van der Waals surface area contributed by atoms with Crippen LogP contribution >= 0.6 is 11.8 Å². The first kappa shape index (κ1) is 24.2. The van der Waals surface area contributed by atoms with Crippen molar-refractivity contribution in [3.8, 4) is 5.75 Å². The number of fused-ring (bicyclic) bond motifs is 2. The molecule has 1 saturated carbocycles. The van der Waals surface area contributed by atoms with Gasteiger partial charge in [-0.05, 0) is 79.9 Å². The molecule has 8 nitrogen and oxygen atoms in total. The molecule has 1 aromatic carbocycles. The molecule has 2 aliphatic heterocycles. The highest BCUT2D eigenvalue weighted by molar-refractivity contribution is 7.99. The van der Waals surface area contributed by atoms with Gasteiger partial charge in [-0.25, -0.2) is 14.2 Å². The van der Waals surface area contributed by atoms with E-state index in [4.69, 9.17) is 4.74 Å². The van der Waals surface area contributed by atoms with Crippen LogP contribution in [0.4, 0.5) is 4.39 Å². The molecule has 3 aromatic rings. The number of carbonyl (C=O) groups is 1. The van der Waals surface area contributed by atoms with E-state index >= 15 is 0 Å². The van der Waals surface area contributed by atoms with Crippen LogP contribution in [0.25, 0.3) is 11.0 Å². The summed E-state index contributed by atoms with van der Waals surface area (Å²) in [5, 5.41) is 3.26. The molecule has 2 aromatic heterocycles. The summed E-state index contributed by atoms with van der Waals surface area (Å²) >= 11 is 1.85. The highest BCUT2D eigenvalue weighted by Gasteiger charge is 2.30. The van der Waals surface area contributed by atoms with Crippen molar-refractivity contribution >= 4 is 28.7 Å². The lowest BCUT2D eigenvalue weighted by Gasteiger charge is -2.31. The Bertz CT molecular complexity index is 1470. The van der Waals surface area contributed by atoms with Gasteiger partial charge in [-0.1, -0.05) is 0 Å². The molecule has 1 N–H and O–H groups in total. The molecule has 194 valence electrons. The van der Waals surface area contributed by atoms with Crippen LogP contribution in [0.3, 0.4) is 0 Å². The summed E-state index contributed by atoms with van der Waals surface area (Å²) in [5.41, 5.74) is 1.08. The number of benzene rings is 1. The summed E-state index contributed by atoms with van der Waals surface area (Å²) in [6, 6.07) is 6.30. The van der Waals surface area contributed by atoms with Crippen LogP contribution in [0.5, 0.6) is 5.75 Å². The highest BCUT2D eigenvalue weighted by Crippen LogP contribution is 2.31. The average molecular weight is 525 g/mol. The lowest BCUT2D eigenvalue weighted by Crippen LogP contribution is -2.46. The van der Waals surface area contributed by atoms with Crippen LogP contribution in [-0.2, 0) is 6.42 Å². The Hall–Kier alpha value is -3.14. The fraction of sp³-hybridized carbons (Fsp3) is 0.481. The van der Waals surface area contributed by atoms with Gasteiger partial charge in [-0.15, -0.1) is 0 Å². The van der Waals surface area contributed by atoms with Crippen LogP contribution in [0, 0.1) is 5.82 Å². The molecule has 2 fully saturated rings. The zero-order valence-corrected chi connectivity index (χ0v) is 21.3. The molecule has 1 saturated heterocycles. The first-order valence-corrected chi connectivity index (χ1v) is 14.1. The minimum absolute atomic E-state index is 0.0406. The van der Waals surface area contributed by atoms with Gasteiger partial charge >= 0.3 is 5.69 Å². The van der Waals surface area contributed by atoms with E-state index < -0.39 is 11.4 Å². The Morgan fingerprint density at radius 2 is 1.78 bits per heavy atom. The van der Waals surface area contributed by atoms with Crippen LogP contribution < -0.4 is 21.3 Å². The summed E-state index contributed by atoms with van der Waals surface area (Å²) < 4.78 is 22.6. The van der Waals surface area contributed by atoms with Gasteiger partial charge in [-0.2, -0.15) is 11.8 Å². The fourth-order valence-corrected chi connectivity index (χ4v) is 6.96. The molecule has 1 aliphatic carbocycles. The minimum Gasteiger partial charge on any atom is -0.493 e. The number of rotatable bonds is 4. The van der Waals surface area contributed by atoms with Gasteiger partial charge in [0.25, 0.3) is 11.5 Å². The van der Waals surface area contributed by atoms with E-state index in [9.17, 15) is 18.8 Å². The van der Waals surface area contributed by atoms with Gasteiger partial charge in [0.15, 0.2) is 0 Å². The molecule has 0 atom stereocenters. The number of amides is 1. The molecule has 0 bridgehead atoms. The number of hydrogen-bond donors (Lipinski definition) is 1. The SMILES string of the molecule is O=C(N[C@H]1CC[C@@H](n2c(=O)c3cc(F)cnc3n(C3CCSCC3)c2=O)CC1)c1ccc2c(c1)CCO2. The Morgan fingerprint density at radius 3 is 2.57 bits per heavy atom. The van der Waals surface area contributed by atoms with Crippen molar-refractivity contribution in [3.63, 3.8) is 0 Å². The maximum atomic E-state index is 14.1. The smallest absolute Gasteiger partial charge is 0.333 e. The number of nitrogens with one attached hydrogen (secondary N) is 1. The van der Waals surface area contributed by atoms with Crippen LogP contribution in [0.2, 0.25) is 0 Å². The van der Waals surface area contributed by atoms with E-state index in [1.165, 1.54) is 10.6 Å². The molecule has 3 aliphatic rings. The third-order valence-electron chi connectivity index (χ3n) is 7.83. The number of ether oxygens (including phenoxy) is 1. The molecular weight excluding hydrogens is 495 g/mol. The highest BCUT2D eigenvalue weighted by atomic mass is 32.2. The third kappa shape index (κ3) is 4.56. The van der Waals surface area contributed by atoms with Gasteiger partial charge in [0.2, 0.25) is 0 Å². The Kier molecular flexibility index (Phi) is 6.52. The molecule has 37 heavy (non-hydrogen) atoms. The second kappa shape index (κ2) is 9.96.